The molecule has 1 aliphatic carbocycles. The number of hydrogen-bond acceptors (Lipinski definition) is 2. The average Bonchev–Trinajstić information content (AvgIpc) is 2.46. The second kappa shape index (κ2) is 4.96. The van der Waals surface area contributed by atoms with Crippen LogP contribution in [0.25, 0.3) is 0 Å². The van der Waals surface area contributed by atoms with E-state index >= 15 is 0 Å². The third kappa shape index (κ3) is 2.30. The Bertz CT molecular complexity index is 592. The highest BCUT2D eigenvalue weighted by Crippen LogP contribution is 2.36. The fourth-order valence-electron chi connectivity index (χ4n) is 3.01. The minimum absolute atomic E-state index is 0.544. The van der Waals surface area contributed by atoms with Crippen molar-refractivity contribution in [2.45, 2.75) is 25.2 Å². The number of para-hydroxylation sites is 1. The van der Waals surface area contributed by atoms with E-state index in [2.05, 4.69) is 30.3 Å². The predicted molar refractivity (Wildman–Crippen MR) is 78.6 cm³/mol. The molecule has 2 nitrogen and oxygen atoms in total. The standard InChI is InChI=1S/C17H19NO/c1-19-15-9-8-12-10-14(7-6-13(12)11-15)16-4-2-3-5-17(16)18/h2-5,8-9,11,14H,6-7,10,18H2,1H3/t14-/m1/s1. The van der Waals surface area contributed by atoms with Gasteiger partial charge in [0.2, 0.25) is 0 Å². The molecule has 0 bridgehead atoms. The molecule has 3 rings (SSSR count). The van der Waals surface area contributed by atoms with Gasteiger partial charge in [-0.05, 0) is 60.1 Å². The van der Waals surface area contributed by atoms with Crippen molar-refractivity contribution in [3.8, 4) is 5.75 Å². The molecule has 1 aliphatic rings. The summed E-state index contributed by atoms with van der Waals surface area (Å²) in [6, 6.07) is 14.7. The number of nitrogens with two attached hydrogens (primary N) is 1. The van der Waals surface area contributed by atoms with Crippen molar-refractivity contribution in [3.05, 3.63) is 59.2 Å². The highest BCUT2D eigenvalue weighted by molar-refractivity contribution is 5.50. The third-order valence-electron chi connectivity index (χ3n) is 4.08. The average molecular weight is 253 g/mol. The molecule has 0 fully saturated rings. The van der Waals surface area contributed by atoms with Crippen LogP contribution in [0.4, 0.5) is 5.69 Å². The molecular formula is C17H19NO. The molecule has 2 aromatic carbocycles. The fraction of sp³-hybridized carbons (Fsp3) is 0.294. The maximum absolute atomic E-state index is 6.10. The maximum Gasteiger partial charge on any atom is 0.119 e. The lowest BCUT2D eigenvalue weighted by Crippen LogP contribution is -2.14. The van der Waals surface area contributed by atoms with Crippen LogP contribution in [0.2, 0.25) is 0 Å². The van der Waals surface area contributed by atoms with Crippen LogP contribution in [0.3, 0.4) is 0 Å². The summed E-state index contributed by atoms with van der Waals surface area (Å²) in [5.41, 5.74) is 11.2. The fourth-order valence-corrected chi connectivity index (χ4v) is 3.01. The summed E-state index contributed by atoms with van der Waals surface area (Å²) in [5, 5.41) is 0. The summed E-state index contributed by atoms with van der Waals surface area (Å²) in [6.07, 6.45) is 3.34. The first-order valence-corrected chi connectivity index (χ1v) is 6.78. The van der Waals surface area contributed by atoms with Gasteiger partial charge in [-0.15, -0.1) is 0 Å². The van der Waals surface area contributed by atoms with Crippen molar-refractivity contribution in [2.75, 3.05) is 12.8 Å². The molecule has 98 valence electrons. The Kier molecular flexibility index (Phi) is 3.16. The number of aryl methyl sites for hydroxylation is 1. The number of fused-ring (bicyclic) bond motifs is 1. The van der Waals surface area contributed by atoms with Crippen molar-refractivity contribution >= 4 is 5.69 Å². The molecule has 0 amide bonds. The lowest BCUT2D eigenvalue weighted by molar-refractivity contribution is 0.413. The number of benzene rings is 2. The van der Waals surface area contributed by atoms with Crippen LogP contribution in [-0.2, 0) is 12.8 Å². The number of hydrogen-bond donors (Lipinski definition) is 1. The van der Waals surface area contributed by atoms with Crippen molar-refractivity contribution in [2.24, 2.45) is 0 Å². The van der Waals surface area contributed by atoms with Crippen LogP contribution >= 0.6 is 0 Å². The zero-order valence-electron chi connectivity index (χ0n) is 11.2. The van der Waals surface area contributed by atoms with Crippen LogP contribution < -0.4 is 10.5 Å². The lowest BCUT2D eigenvalue weighted by atomic mass is 9.79. The van der Waals surface area contributed by atoms with E-state index in [1.165, 1.54) is 16.7 Å². The van der Waals surface area contributed by atoms with Crippen LogP contribution in [0.5, 0.6) is 5.75 Å². The number of rotatable bonds is 2. The van der Waals surface area contributed by atoms with Gasteiger partial charge in [0, 0.05) is 5.69 Å². The first-order valence-electron chi connectivity index (χ1n) is 6.78. The molecule has 19 heavy (non-hydrogen) atoms. The molecule has 0 radical (unpaired) electrons. The predicted octanol–water partition coefficient (Wildman–Crippen LogP) is 3.55. The Morgan fingerprint density at radius 1 is 1.11 bits per heavy atom. The SMILES string of the molecule is COc1ccc2c(c1)CC[C@@H](c1ccccc1N)C2. The van der Waals surface area contributed by atoms with E-state index in [1.807, 2.05) is 12.1 Å². The van der Waals surface area contributed by atoms with E-state index in [1.54, 1.807) is 7.11 Å². The topological polar surface area (TPSA) is 35.2 Å². The van der Waals surface area contributed by atoms with Gasteiger partial charge in [-0.1, -0.05) is 24.3 Å². The third-order valence-corrected chi connectivity index (χ3v) is 4.08. The van der Waals surface area contributed by atoms with Gasteiger partial charge in [0.05, 0.1) is 7.11 Å². The van der Waals surface area contributed by atoms with Gasteiger partial charge < -0.3 is 10.5 Å². The van der Waals surface area contributed by atoms with E-state index in [-0.39, 0.29) is 0 Å². The summed E-state index contributed by atoms with van der Waals surface area (Å²) in [5.74, 6) is 1.50. The van der Waals surface area contributed by atoms with E-state index in [0.29, 0.717) is 5.92 Å². The Hall–Kier alpha value is -1.96. The van der Waals surface area contributed by atoms with Gasteiger partial charge in [-0.2, -0.15) is 0 Å². The normalized spacial score (nSPS) is 17.8. The molecule has 2 N–H and O–H groups in total. The van der Waals surface area contributed by atoms with Crippen LogP contribution in [-0.4, -0.2) is 7.11 Å². The van der Waals surface area contributed by atoms with Crippen molar-refractivity contribution < 1.29 is 4.74 Å². The van der Waals surface area contributed by atoms with Gasteiger partial charge in [-0.3, -0.25) is 0 Å². The molecule has 0 aliphatic heterocycles. The molecule has 0 aromatic heterocycles. The highest BCUT2D eigenvalue weighted by atomic mass is 16.5. The van der Waals surface area contributed by atoms with Crippen molar-refractivity contribution in [1.29, 1.82) is 0 Å². The zero-order valence-corrected chi connectivity index (χ0v) is 11.2. The van der Waals surface area contributed by atoms with E-state index in [4.69, 9.17) is 10.5 Å². The van der Waals surface area contributed by atoms with E-state index in [9.17, 15) is 0 Å². The molecule has 0 spiro atoms. The first-order chi connectivity index (χ1) is 9.28. The van der Waals surface area contributed by atoms with Crippen LogP contribution in [0.15, 0.2) is 42.5 Å². The summed E-state index contributed by atoms with van der Waals surface area (Å²) < 4.78 is 5.29. The largest absolute Gasteiger partial charge is 0.497 e. The number of nitrogen functional groups attached to an aromatic ring is 1. The second-order valence-electron chi connectivity index (χ2n) is 5.20. The van der Waals surface area contributed by atoms with Gasteiger partial charge >= 0.3 is 0 Å². The monoisotopic (exact) mass is 253 g/mol. The molecule has 0 heterocycles. The molecule has 1 atom stereocenters. The van der Waals surface area contributed by atoms with Crippen molar-refractivity contribution in [1.82, 2.24) is 0 Å². The summed E-state index contributed by atoms with van der Waals surface area (Å²) in [6.45, 7) is 0. The Balaban J connectivity index is 1.88. The summed E-state index contributed by atoms with van der Waals surface area (Å²) in [7, 11) is 1.72. The van der Waals surface area contributed by atoms with E-state index in [0.717, 1.165) is 30.7 Å². The van der Waals surface area contributed by atoms with Gasteiger partial charge in [0.25, 0.3) is 0 Å². The Labute approximate surface area is 114 Å². The van der Waals surface area contributed by atoms with Gasteiger partial charge in [-0.25, -0.2) is 0 Å². The molecule has 0 saturated heterocycles. The molecular weight excluding hydrogens is 234 g/mol. The Morgan fingerprint density at radius 3 is 2.74 bits per heavy atom. The number of anilines is 1. The van der Waals surface area contributed by atoms with Gasteiger partial charge in [0.15, 0.2) is 0 Å². The maximum atomic E-state index is 6.10. The minimum atomic E-state index is 0.544. The van der Waals surface area contributed by atoms with Crippen LogP contribution in [0, 0.1) is 0 Å². The molecule has 2 aromatic rings. The van der Waals surface area contributed by atoms with Crippen molar-refractivity contribution in [3.63, 3.8) is 0 Å². The second-order valence-corrected chi connectivity index (χ2v) is 5.20. The minimum Gasteiger partial charge on any atom is -0.497 e. The smallest absolute Gasteiger partial charge is 0.119 e. The number of methoxy groups -OCH3 is 1. The lowest BCUT2D eigenvalue weighted by Gasteiger charge is -2.26. The van der Waals surface area contributed by atoms with Gasteiger partial charge in [0.1, 0.15) is 5.75 Å². The highest BCUT2D eigenvalue weighted by Gasteiger charge is 2.21. The van der Waals surface area contributed by atoms with E-state index < -0.39 is 0 Å². The van der Waals surface area contributed by atoms with Crippen LogP contribution in [0.1, 0.15) is 29.0 Å². The zero-order chi connectivity index (χ0) is 13.2. The molecule has 2 heteroatoms. The summed E-state index contributed by atoms with van der Waals surface area (Å²) in [4.78, 5) is 0. The first kappa shape index (κ1) is 12.1. The molecule has 0 unspecified atom stereocenters. The number of ether oxygens (including phenoxy) is 1. The quantitative estimate of drug-likeness (QED) is 0.831. The molecule has 0 saturated carbocycles. The Morgan fingerprint density at radius 2 is 1.95 bits per heavy atom. The summed E-state index contributed by atoms with van der Waals surface area (Å²) >= 11 is 0.